The third-order valence-corrected chi connectivity index (χ3v) is 4.12. The van der Waals surface area contributed by atoms with Crippen LogP contribution in [0.15, 0.2) is 33.2 Å². The van der Waals surface area contributed by atoms with Gasteiger partial charge in [0.05, 0.1) is 30.6 Å². The van der Waals surface area contributed by atoms with Gasteiger partial charge in [0.25, 0.3) is 0 Å². The van der Waals surface area contributed by atoms with Crippen molar-refractivity contribution in [2.24, 2.45) is 0 Å². The van der Waals surface area contributed by atoms with Crippen LogP contribution in [0.3, 0.4) is 0 Å². The number of ether oxygens (including phenoxy) is 2. The zero-order chi connectivity index (χ0) is 18.9. The number of nitrogens with zero attached hydrogens (tertiary/aromatic N) is 1. The van der Waals surface area contributed by atoms with Gasteiger partial charge in [-0.2, -0.15) is 0 Å². The summed E-state index contributed by atoms with van der Waals surface area (Å²) >= 11 is 3.21. The Kier molecular flexibility index (Phi) is 9.87. The quantitative estimate of drug-likeness (QED) is 0.145. The smallest absolute Gasteiger partial charge is 0.374 e. The van der Waals surface area contributed by atoms with Gasteiger partial charge in [-0.3, -0.25) is 14.9 Å². The summed E-state index contributed by atoms with van der Waals surface area (Å²) in [6.07, 6.45) is 1.63. The summed E-state index contributed by atoms with van der Waals surface area (Å²) in [5, 5.41) is 11.6. The molecule has 8 heteroatoms. The van der Waals surface area contributed by atoms with Gasteiger partial charge in [-0.1, -0.05) is 28.9 Å². The first-order valence-corrected chi connectivity index (χ1v) is 8.18. The fraction of sp³-hybridized carbons (Fsp3) is 0.500. The molecule has 7 nitrogen and oxygen atoms in total. The lowest BCUT2D eigenvalue weighted by atomic mass is 10.0. The molecule has 0 bridgehead atoms. The van der Waals surface area contributed by atoms with E-state index in [0.717, 1.165) is 0 Å². The van der Waals surface area contributed by atoms with E-state index in [1.807, 2.05) is 6.92 Å². The van der Waals surface area contributed by atoms with E-state index in [1.54, 1.807) is 26.8 Å². The monoisotopic (exact) mass is 403 g/mol. The summed E-state index contributed by atoms with van der Waals surface area (Å²) in [6, 6.07) is 0. The molecule has 0 radical (unpaired) electrons. The Labute approximate surface area is 149 Å². The van der Waals surface area contributed by atoms with Crippen LogP contribution in [0.1, 0.15) is 40.5 Å². The number of carbonyl (C=O) groups excluding carboxylic acids is 2. The average molecular weight is 404 g/mol. The fourth-order valence-electron chi connectivity index (χ4n) is 1.86. The summed E-state index contributed by atoms with van der Waals surface area (Å²) in [7, 11) is 1.33. The Morgan fingerprint density at radius 2 is 1.88 bits per heavy atom. The molecule has 0 saturated carbocycles. The van der Waals surface area contributed by atoms with Crippen LogP contribution in [0, 0.1) is 10.1 Å². The molecule has 0 aromatic carbocycles. The molecule has 0 unspecified atom stereocenters. The molecule has 0 aliphatic rings. The van der Waals surface area contributed by atoms with Crippen molar-refractivity contribution < 1.29 is 24.0 Å². The van der Waals surface area contributed by atoms with E-state index < -0.39 is 23.1 Å². The molecule has 0 heterocycles. The van der Waals surface area contributed by atoms with E-state index in [0.29, 0.717) is 16.5 Å². The van der Waals surface area contributed by atoms with Crippen LogP contribution in [0.5, 0.6) is 0 Å². The lowest BCUT2D eigenvalue weighted by molar-refractivity contribution is -0.425. The molecular formula is C16H22BrNO6. The summed E-state index contributed by atoms with van der Waals surface area (Å²) in [6.45, 7) is 6.81. The minimum Gasteiger partial charge on any atom is -0.490 e. The molecule has 0 amide bonds. The molecule has 0 fully saturated rings. The Balaban J connectivity index is 6.31. The minimum absolute atomic E-state index is 0.0503. The number of hydrogen-bond acceptors (Lipinski definition) is 6. The second-order valence-electron chi connectivity index (χ2n) is 4.71. The van der Waals surface area contributed by atoms with E-state index in [2.05, 4.69) is 20.7 Å². The van der Waals surface area contributed by atoms with Crippen molar-refractivity contribution in [1.29, 1.82) is 0 Å². The lowest BCUT2D eigenvalue weighted by Gasteiger charge is -2.12. The van der Waals surface area contributed by atoms with Crippen molar-refractivity contribution in [3.63, 3.8) is 0 Å². The molecule has 0 aliphatic heterocycles. The largest absolute Gasteiger partial charge is 0.490 e. The predicted octanol–water partition coefficient (Wildman–Crippen LogP) is 3.67. The Bertz CT molecular complexity index is 604. The van der Waals surface area contributed by atoms with Gasteiger partial charge < -0.3 is 9.47 Å². The summed E-state index contributed by atoms with van der Waals surface area (Å²) in [5.41, 5.74) is 0.367. The number of halogens is 1. The summed E-state index contributed by atoms with van der Waals surface area (Å²) in [5.74, 6) is -1.81. The molecule has 134 valence electrons. The van der Waals surface area contributed by atoms with Crippen LogP contribution < -0.4 is 0 Å². The van der Waals surface area contributed by atoms with Crippen molar-refractivity contribution in [1.82, 2.24) is 0 Å². The van der Waals surface area contributed by atoms with E-state index in [9.17, 15) is 19.7 Å². The van der Waals surface area contributed by atoms with Gasteiger partial charge in [-0.25, -0.2) is 4.79 Å². The van der Waals surface area contributed by atoms with Crippen molar-refractivity contribution >= 4 is 27.7 Å². The first-order chi connectivity index (χ1) is 11.2. The van der Waals surface area contributed by atoms with Crippen molar-refractivity contribution in [3.05, 3.63) is 43.3 Å². The Morgan fingerprint density at radius 3 is 2.25 bits per heavy atom. The van der Waals surface area contributed by atoms with Gasteiger partial charge in [-0.15, -0.1) is 0 Å². The van der Waals surface area contributed by atoms with E-state index in [-0.39, 0.29) is 23.6 Å². The zero-order valence-electron chi connectivity index (χ0n) is 14.5. The molecule has 24 heavy (non-hydrogen) atoms. The van der Waals surface area contributed by atoms with Crippen LogP contribution in [0.25, 0.3) is 0 Å². The number of esters is 1. The first kappa shape index (κ1) is 22.0. The number of carbonyl (C=O) groups is 2. The topological polar surface area (TPSA) is 95.7 Å². The second kappa shape index (κ2) is 10.7. The molecule has 0 spiro atoms. The van der Waals surface area contributed by atoms with E-state index >= 15 is 0 Å². The van der Waals surface area contributed by atoms with E-state index in [1.165, 1.54) is 7.11 Å². The van der Waals surface area contributed by atoms with Crippen LogP contribution in [0.2, 0.25) is 0 Å². The zero-order valence-corrected chi connectivity index (χ0v) is 16.1. The van der Waals surface area contributed by atoms with Gasteiger partial charge in [-0.05, 0) is 32.8 Å². The van der Waals surface area contributed by atoms with Crippen molar-refractivity contribution in [2.45, 2.75) is 40.5 Å². The highest BCUT2D eigenvalue weighted by atomic mass is 79.9. The normalized spacial score (nSPS) is 13.7. The van der Waals surface area contributed by atoms with Crippen LogP contribution in [0.4, 0.5) is 0 Å². The number of rotatable bonds is 9. The van der Waals surface area contributed by atoms with Gasteiger partial charge >= 0.3 is 11.7 Å². The van der Waals surface area contributed by atoms with Crippen LogP contribution in [-0.4, -0.2) is 30.4 Å². The second-order valence-corrected chi connectivity index (χ2v) is 5.56. The molecule has 0 saturated heterocycles. The fourth-order valence-corrected chi connectivity index (χ4v) is 2.19. The van der Waals surface area contributed by atoms with Crippen molar-refractivity contribution in [3.8, 4) is 0 Å². The number of methoxy groups -OCH3 is 1. The summed E-state index contributed by atoms with van der Waals surface area (Å²) < 4.78 is 10.2. The molecular weight excluding hydrogens is 382 g/mol. The number of allylic oxidation sites excluding steroid dienone is 4. The van der Waals surface area contributed by atoms with Crippen LogP contribution >= 0.6 is 15.9 Å². The molecule has 0 aromatic heterocycles. The number of Topliss-reactive ketones (excluding diaryl/α,β-unsaturated/α-hetero) is 1. The van der Waals surface area contributed by atoms with Gasteiger partial charge in [0, 0.05) is 4.48 Å². The highest BCUT2D eigenvalue weighted by Crippen LogP contribution is 2.31. The predicted molar refractivity (Wildman–Crippen MR) is 93.0 cm³/mol. The Morgan fingerprint density at radius 1 is 1.29 bits per heavy atom. The van der Waals surface area contributed by atoms with Gasteiger partial charge in [0.15, 0.2) is 5.76 Å². The molecule has 0 atom stereocenters. The maximum Gasteiger partial charge on any atom is 0.374 e. The van der Waals surface area contributed by atoms with Gasteiger partial charge in [0.2, 0.25) is 5.78 Å². The minimum atomic E-state index is -1.02. The molecule has 0 rings (SSSR count). The average Bonchev–Trinajstić information content (AvgIpc) is 2.56. The standard InChI is InChI=1S/C16H22BrNO6/c1-6-10(4)15(23-5)14(18(21)22)11(12(17)7-2)9-13(19)16(20)24-8-3/h7H,6,8-9H2,1-5H3/b12-7+,14-11+,15-10?. The molecule has 0 N–H and O–H groups in total. The molecule has 0 aliphatic carbocycles. The maximum absolute atomic E-state index is 12.0. The SMILES string of the molecule is C/C=C(Br)\C(CC(=O)C(=O)OCC)=C(/C(OC)=C(C)CC)[N+](=O)[O-]. The number of nitro groups is 1. The third-order valence-electron chi connectivity index (χ3n) is 3.19. The molecule has 0 aromatic rings. The summed E-state index contributed by atoms with van der Waals surface area (Å²) in [4.78, 5) is 34.6. The highest BCUT2D eigenvalue weighted by molar-refractivity contribution is 9.12. The number of ketones is 1. The lowest BCUT2D eigenvalue weighted by Crippen LogP contribution is -2.20. The van der Waals surface area contributed by atoms with Crippen LogP contribution in [-0.2, 0) is 19.1 Å². The van der Waals surface area contributed by atoms with Crippen molar-refractivity contribution in [2.75, 3.05) is 13.7 Å². The van der Waals surface area contributed by atoms with E-state index in [4.69, 9.17) is 4.74 Å². The maximum atomic E-state index is 12.0. The number of hydrogen-bond donors (Lipinski definition) is 0. The highest BCUT2D eigenvalue weighted by Gasteiger charge is 2.30. The Hall–Kier alpha value is -1.96. The third kappa shape index (κ3) is 5.92. The van der Waals surface area contributed by atoms with Gasteiger partial charge in [0.1, 0.15) is 0 Å². The first-order valence-electron chi connectivity index (χ1n) is 7.38.